The number of nitrogens with zero attached hydrogens (tertiary/aromatic N) is 4. The summed E-state index contributed by atoms with van der Waals surface area (Å²) in [7, 11) is 0. The van der Waals surface area contributed by atoms with Gasteiger partial charge in [-0.25, -0.2) is 0 Å². The molecule has 2 N–H and O–H groups in total. The number of hydrogen-bond acceptors (Lipinski definition) is 5. The van der Waals surface area contributed by atoms with Gasteiger partial charge in [-0.15, -0.1) is 5.10 Å². The fourth-order valence-electron chi connectivity index (χ4n) is 1.96. The lowest BCUT2D eigenvalue weighted by Gasteiger charge is -2.14. The van der Waals surface area contributed by atoms with E-state index in [1.807, 2.05) is 10.7 Å². The van der Waals surface area contributed by atoms with Crippen LogP contribution in [0.3, 0.4) is 0 Å². The van der Waals surface area contributed by atoms with E-state index in [2.05, 4.69) is 35.5 Å². The molecular formula is C12H19N5S. The van der Waals surface area contributed by atoms with Crippen LogP contribution >= 0.6 is 11.5 Å². The molecule has 0 bridgehead atoms. The van der Waals surface area contributed by atoms with E-state index in [0.29, 0.717) is 5.92 Å². The van der Waals surface area contributed by atoms with Crippen LogP contribution in [0, 0.1) is 0 Å². The van der Waals surface area contributed by atoms with Gasteiger partial charge in [0.05, 0.1) is 22.3 Å². The smallest absolute Gasteiger partial charge is 0.0852 e. The second-order valence-corrected chi connectivity index (χ2v) is 5.42. The highest BCUT2D eigenvalue weighted by Gasteiger charge is 2.21. The predicted octanol–water partition coefficient (Wildman–Crippen LogP) is 2.32. The Bertz CT molecular complexity index is 502. The summed E-state index contributed by atoms with van der Waals surface area (Å²) in [6.45, 7) is 7.23. The van der Waals surface area contributed by atoms with E-state index in [1.54, 1.807) is 6.20 Å². The first-order valence-electron chi connectivity index (χ1n) is 6.24. The third-order valence-corrected chi connectivity index (χ3v) is 3.70. The summed E-state index contributed by atoms with van der Waals surface area (Å²) in [6, 6.07) is 1.79. The van der Waals surface area contributed by atoms with Gasteiger partial charge in [-0.05, 0) is 29.9 Å². The monoisotopic (exact) mass is 265 g/mol. The van der Waals surface area contributed by atoms with E-state index in [-0.39, 0.29) is 6.04 Å². The van der Waals surface area contributed by atoms with Crippen molar-refractivity contribution in [1.29, 1.82) is 0 Å². The zero-order valence-electron chi connectivity index (χ0n) is 11.0. The molecule has 0 spiro atoms. The molecule has 0 saturated carbocycles. The maximum Gasteiger partial charge on any atom is 0.0852 e. The first kappa shape index (κ1) is 13.2. The SMILES string of the molecule is CCCn1nccc1C(N)c1snnc1C(C)C. The Morgan fingerprint density at radius 3 is 2.89 bits per heavy atom. The number of nitrogens with two attached hydrogens (primary N) is 1. The normalized spacial score (nSPS) is 13.2. The van der Waals surface area contributed by atoms with Gasteiger partial charge < -0.3 is 5.73 Å². The average Bonchev–Trinajstić information content (AvgIpc) is 2.96. The molecule has 98 valence electrons. The lowest BCUT2D eigenvalue weighted by atomic mass is 10.0. The molecule has 0 fully saturated rings. The minimum atomic E-state index is -0.184. The molecule has 1 unspecified atom stereocenters. The largest absolute Gasteiger partial charge is 0.318 e. The highest BCUT2D eigenvalue weighted by Crippen LogP contribution is 2.28. The van der Waals surface area contributed by atoms with Crippen LogP contribution in [0.25, 0.3) is 0 Å². The molecule has 2 rings (SSSR count). The van der Waals surface area contributed by atoms with Gasteiger partial charge >= 0.3 is 0 Å². The molecule has 2 heterocycles. The number of aryl methyl sites for hydroxylation is 1. The maximum atomic E-state index is 6.34. The van der Waals surface area contributed by atoms with Gasteiger partial charge in [0.15, 0.2) is 0 Å². The zero-order chi connectivity index (χ0) is 13.1. The second kappa shape index (κ2) is 5.58. The number of aromatic nitrogens is 4. The molecule has 0 aromatic carbocycles. The van der Waals surface area contributed by atoms with E-state index in [9.17, 15) is 0 Å². The molecule has 6 heteroatoms. The van der Waals surface area contributed by atoms with E-state index in [4.69, 9.17) is 5.73 Å². The molecule has 0 aliphatic rings. The Morgan fingerprint density at radius 1 is 1.44 bits per heavy atom. The lowest BCUT2D eigenvalue weighted by molar-refractivity contribution is 0.559. The zero-order valence-corrected chi connectivity index (χ0v) is 11.8. The summed E-state index contributed by atoms with van der Waals surface area (Å²) in [5, 5.41) is 8.49. The molecule has 0 radical (unpaired) electrons. The van der Waals surface area contributed by atoms with E-state index >= 15 is 0 Å². The summed E-state index contributed by atoms with van der Waals surface area (Å²) < 4.78 is 6.00. The van der Waals surface area contributed by atoms with Crippen LogP contribution in [0.1, 0.15) is 55.4 Å². The molecule has 0 saturated heterocycles. The highest BCUT2D eigenvalue weighted by molar-refractivity contribution is 7.05. The van der Waals surface area contributed by atoms with Crippen LogP contribution in [0.2, 0.25) is 0 Å². The van der Waals surface area contributed by atoms with Crippen molar-refractivity contribution in [2.45, 2.75) is 45.7 Å². The molecule has 2 aromatic heterocycles. The Labute approximate surface area is 111 Å². The van der Waals surface area contributed by atoms with E-state index < -0.39 is 0 Å². The van der Waals surface area contributed by atoms with Crippen molar-refractivity contribution in [3.63, 3.8) is 0 Å². The van der Waals surface area contributed by atoms with Crippen molar-refractivity contribution in [2.75, 3.05) is 0 Å². The lowest BCUT2D eigenvalue weighted by Crippen LogP contribution is -2.18. The van der Waals surface area contributed by atoms with Crippen molar-refractivity contribution in [2.24, 2.45) is 5.73 Å². The molecule has 0 aliphatic carbocycles. The van der Waals surface area contributed by atoms with Crippen LogP contribution in [0.4, 0.5) is 0 Å². The Morgan fingerprint density at radius 2 is 2.22 bits per heavy atom. The number of rotatable bonds is 5. The Hall–Kier alpha value is -1.27. The Balaban J connectivity index is 2.32. The summed E-state index contributed by atoms with van der Waals surface area (Å²) in [4.78, 5) is 1.04. The average molecular weight is 265 g/mol. The summed E-state index contributed by atoms with van der Waals surface area (Å²) in [5.41, 5.74) is 8.37. The van der Waals surface area contributed by atoms with Crippen molar-refractivity contribution in [3.8, 4) is 0 Å². The van der Waals surface area contributed by atoms with Gasteiger partial charge in [-0.2, -0.15) is 5.10 Å². The van der Waals surface area contributed by atoms with Crippen molar-refractivity contribution >= 4 is 11.5 Å². The van der Waals surface area contributed by atoms with E-state index in [1.165, 1.54) is 11.5 Å². The summed E-state index contributed by atoms with van der Waals surface area (Å²) in [5.74, 6) is 0.340. The highest BCUT2D eigenvalue weighted by atomic mass is 32.1. The molecule has 0 amide bonds. The molecule has 18 heavy (non-hydrogen) atoms. The maximum absolute atomic E-state index is 6.34. The van der Waals surface area contributed by atoms with Gasteiger partial charge in [0.1, 0.15) is 0 Å². The van der Waals surface area contributed by atoms with Crippen molar-refractivity contribution in [1.82, 2.24) is 19.4 Å². The predicted molar refractivity (Wildman–Crippen MR) is 72.5 cm³/mol. The first-order valence-corrected chi connectivity index (χ1v) is 7.01. The van der Waals surface area contributed by atoms with Crippen LogP contribution in [-0.2, 0) is 6.54 Å². The van der Waals surface area contributed by atoms with Crippen LogP contribution in [0.5, 0.6) is 0 Å². The fraction of sp³-hybridized carbons (Fsp3) is 0.583. The quantitative estimate of drug-likeness (QED) is 0.900. The molecular weight excluding hydrogens is 246 g/mol. The Kier molecular flexibility index (Phi) is 4.08. The van der Waals surface area contributed by atoms with Crippen molar-refractivity contribution in [3.05, 3.63) is 28.5 Å². The molecule has 0 aliphatic heterocycles. The summed E-state index contributed by atoms with van der Waals surface area (Å²) in [6.07, 6.45) is 2.84. The minimum absolute atomic E-state index is 0.184. The van der Waals surface area contributed by atoms with Crippen LogP contribution < -0.4 is 5.73 Å². The van der Waals surface area contributed by atoms with Gasteiger partial charge in [-0.1, -0.05) is 25.3 Å². The number of hydrogen-bond donors (Lipinski definition) is 1. The van der Waals surface area contributed by atoms with Crippen LogP contribution in [-0.4, -0.2) is 19.4 Å². The second-order valence-electron chi connectivity index (χ2n) is 4.63. The fourth-order valence-corrected chi connectivity index (χ4v) is 2.78. The van der Waals surface area contributed by atoms with Gasteiger partial charge in [0, 0.05) is 12.7 Å². The standard InChI is InChI=1S/C12H19N5S/c1-4-7-17-9(5-6-14-17)10(13)12-11(8(2)3)15-16-18-12/h5-6,8,10H,4,7,13H2,1-3H3. The molecule has 1 atom stereocenters. The molecule has 2 aromatic rings. The van der Waals surface area contributed by atoms with Gasteiger partial charge in [-0.3, -0.25) is 4.68 Å². The minimum Gasteiger partial charge on any atom is -0.318 e. The topological polar surface area (TPSA) is 69.6 Å². The third kappa shape index (κ3) is 2.44. The molecule has 5 nitrogen and oxygen atoms in total. The van der Waals surface area contributed by atoms with Gasteiger partial charge in [0.25, 0.3) is 0 Å². The van der Waals surface area contributed by atoms with E-state index in [0.717, 1.165) is 29.2 Å². The van der Waals surface area contributed by atoms with Gasteiger partial charge in [0.2, 0.25) is 0 Å². The first-order chi connectivity index (χ1) is 8.65. The summed E-state index contributed by atoms with van der Waals surface area (Å²) >= 11 is 1.38. The van der Waals surface area contributed by atoms with Crippen molar-refractivity contribution < 1.29 is 0 Å². The van der Waals surface area contributed by atoms with Crippen LogP contribution in [0.15, 0.2) is 12.3 Å². The third-order valence-electron chi connectivity index (χ3n) is 2.87.